The van der Waals surface area contributed by atoms with Gasteiger partial charge in [-0.2, -0.15) is 0 Å². The summed E-state index contributed by atoms with van der Waals surface area (Å²) in [5.41, 5.74) is 0. The van der Waals surface area contributed by atoms with Crippen LogP contribution in [0, 0.1) is 0 Å². The molecule has 1 heterocycles. The first-order valence-electron chi connectivity index (χ1n) is 4.98. The normalized spacial score (nSPS) is 39.5. The molecule has 0 bridgehead atoms. The summed E-state index contributed by atoms with van der Waals surface area (Å²) in [6.45, 7) is -0.102. The maximum Gasteiger partial charge on any atom is 0.239 e. The summed E-state index contributed by atoms with van der Waals surface area (Å²) in [5, 5.41) is 15.1. The van der Waals surface area contributed by atoms with Crippen LogP contribution in [-0.2, 0) is 4.79 Å². The molecule has 1 aliphatic carbocycles. The van der Waals surface area contributed by atoms with Crippen molar-refractivity contribution < 1.29 is 9.90 Å². The summed E-state index contributed by atoms with van der Waals surface area (Å²) < 4.78 is 0. The topological polar surface area (TPSA) is 61.4 Å². The van der Waals surface area contributed by atoms with E-state index in [0.717, 1.165) is 12.8 Å². The van der Waals surface area contributed by atoms with Gasteiger partial charge in [0.1, 0.15) is 6.04 Å². The van der Waals surface area contributed by atoms with E-state index in [1.165, 1.54) is 12.8 Å². The summed E-state index contributed by atoms with van der Waals surface area (Å²) in [6.07, 6.45) is 4.61. The van der Waals surface area contributed by atoms with Gasteiger partial charge in [0, 0.05) is 12.1 Å². The Morgan fingerprint density at radius 3 is 2.69 bits per heavy atom. The van der Waals surface area contributed by atoms with Gasteiger partial charge in [0.05, 0.1) is 6.61 Å². The average molecular weight is 184 g/mol. The molecule has 3 unspecified atom stereocenters. The van der Waals surface area contributed by atoms with Crippen molar-refractivity contribution in [1.29, 1.82) is 0 Å². The Morgan fingerprint density at radius 1 is 1.31 bits per heavy atom. The quantitative estimate of drug-likeness (QED) is 0.509. The smallest absolute Gasteiger partial charge is 0.239 e. The van der Waals surface area contributed by atoms with E-state index in [1.807, 2.05) is 0 Å². The number of hydrogen-bond donors (Lipinski definition) is 3. The number of aliphatic hydroxyl groups is 1. The molecule has 2 rings (SSSR count). The van der Waals surface area contributed by atoms with E-state index < -0.39 is 0 Å². The van der Waals surface area contributed by atoms with Crippen LogP contribution in [0.4, 0.5) is 0 Å². The minimum Gasteiger partial charge on any atom is -0.394 e. The van der Waals surface area contributed by atoms with Crippen LogP contribution in [0.5, 0.6) is 0 Å². The SMILES string of the molecule is O=C1NC2CCCCC2NC1CO. The van der Waals surface area contributed by atoms with Crippen LogP contribution in [0.2, 0.25) is 0 Å². The third kappa shape index (κ3) is 1.69. The predicted octanol–water partition coefficient (Wildman–Crippen LogP) is -0.622. The van der Waals surface area contributed by atoms with Gasteiger partial charge in [0.25, 0.3) is 0 Å². The monoisotopic (exact) mass is 184 g/mol. The van der Waals surface area contributed by atoms with E-state index in [-0.39, 0.29) is 18.6 Å². The van der Waals surface area contributed by atoms with Crippen LogP contribution in [-0.4, -0.2) is 35.7 Å². The number of rotatable bonds is 1. The number of carbonyl (C=O) groups excluding carboxylic acids is 1. The lowest BCUT2D eigenvalue weighted by Gasteiger charge is -2.39. The maximum absolute atomic E-state index is 11.3. The van der Waals surface area contributed by atoms with Crippen LogP contribution in [0.3, 0.4) is 0 Å². The second-order valence-electron chi connectivity index (χ2n) is 3.91. The molecule has 4 nitrogen and oxygen atoms in total. The molecule has 2 fully saturated rings. The fourth-order valence-corrected chi connectivity index (χ4v) is 2.26. The molecule has 2 aliphatic rings. The molecule has 4 heteroatoms. The summed E-state index contributed by atoms with van der Waals surface area (Å²) in [5.74, 6) is -0.0503. The van der Waals surface area contributed by atoms with Gasteiger partial charge >= 0.3 is 0 Å². The second kappa shape index (κ2) is 3.64. The lowest BCUT2D eigenvalue weighted by molar-refractivity contribution is -0.128. The Kier molecular flexibility index (Phi) is 2.51. The molecule has 0 spiro atoms. The molecule has 0 aromatic carbocycles. The van der Waals surface area contributed by atoms with Crippen LogP contribution in [0.15, 0.2) is 0 Å². The number of nitrogens with one attached hydrogen (secondary N) is 2. The fraction of sp³-hybridized carbons (Fsp3) is 0.889. The Morgan fingerprint density at radius 2 is 2.00 bits per heavy atom. The zero-order valence-electron chi connectivity index (χ0n) is 7.62. The minimum atomic E-state index is -0.389. The first-order valence-corrected chi connectivity index (χ1v) is 4.98. The Hall–Kier alpha value is -0.610. The molecule has 1 aliphatic heterocycles. The molecule has 13 heavy (non-hydrogen) atoms. The first kappa shape index (κ1) is 8.97. The van der Waals surface area contributed by atoms with Crippen LogP contribution < -0.4 is 10.6 Å². The highest BCUT2D eigenvalue weighted by Crippen LogP contribution is 2.21. The highest BCUT2D eigenvalue weighted by atomic mass is 16.3. The van der Waals surface area contributed by atoms with Gasteiger partial charge in [-0.15, -0.1) is 0 Å². The molecule has 1 saturated carbocycles. The van der Waals surface area contributed by atoms with Crippen molar-refractivity contribution in [3.05, 3.63) is 0 Å². The third-order valence-electron chi connectivity index (χ3n) is 3.01. The van der Waals surface area contributed by atoms with Gasteiger partial charge in [-0.25, -0.2) is 0 Å². The van der Waals surface area contributed by atoms with E-state index in [1.54, 1.807) is 0 Å². The summed E-state index contributed by atoms with van der Waals surface area (Å²) in [4.78, 5) is 11.3. The Balaban J connectivity index is 2.01. The van der Waals surface area contributed by atoms with E-state index >= 15 is 0 Å². The van der Waals surface area contributed by atoms with Crippen LogP contribution in [0.1, 0.15) is 25.7 Å². The number of carbonyl (C=O) groups is 1. The summed E-state index contributed by atoms with van der Waals surface area (Å²) in [6, 6.07) is 0.284. The second-order valence-corrected chi connectivity index (χ2v) is 3.91. The van der Waals surface area contributed by atoms with Gasteiger partial charge in [-0.3, -0.25) is 10.1 Å². The molecule has 0 aromatic rings. The van der Waals surface area contributed by atoms with Gasteiger partial charge < -0.3 is 10.4 Å². The van der Waals surface area contributed by atoms with Crippen molar-refractivity contribution in [3.8, 4) is 0 Å². The number of aliphatic hydroxyl groups excluding tert-OH is 1. The molecule has 1 amide bonds. The lowest BCUT2D eigenvalue weighted by atomic mass is 9.88. The predicted molar refractivity (Wildman–Crippen MR) is 48.2 cm³/mol. The van der Waals surface area contributed by atoms with Crippen molar-refractivity contribution in [2.24, 2.45) is 0 Å². The molecule has 0 aromatic heterocycles. The number of hydrogen-bond acceptors (Lipinski definition) is 3. The molecule has 0 radical (unpaired) electrons. The standard InChI is InChI=1S/C9H16N2O2/c12-5-8-9(13)11-7-4-2-1-3-6(7)10-8/h6-8,10,12H,1-5H2,(H,11,13). The molecule has 1 saturated heterocycles. The highest BCUT2D eigenvalue weighted by Gasteiger charge is 2.35. The number of fused-ring (bicyclic) bond motifs is 1. The van der Waals surface area contributed by atoms with Crippen molar-refractivity contribution in [1.82, 2.24) is 10.6 Å². The molecular weight excluding hydrogens is 168 g/mol. The van der Waals surface area contributed by atoms with Gasteiger partial charge in [-0.05, 0) is 12.8 Å². The Bertz CT molecular complexity index is 208. The molecule has 3 atom stereocenters. The van der Waals surface area contributed by atoms with E-state index in [2.05, 4.69) is 10.6 Å². The minimum absolute atomic E-state index is 0.0503. The van der Waals surface area contributed by atoms with Gasteiger partial charge in [0.2, 0.25) is 5.91 Å². The zero-order chi connectivity index (χ0) is 9.26. The Labute approximate surface area is 77.7 Å². The van der Waals surface area contributed by atoms with E-state index in [0.29, 0.717) is 12.1 Å². The summed E-state index contributed by atoms with van der Waals surface area (Å²) >= 11 is 0. The summed E-state index contributed by atoms with van der Waals surface area (Å²) in [7, 11) is 0. The van der Waals surface area contributed by atoms with Crippen LogP contribution >= 0.6 is 0 Å². The van der Waals surface area contributed by atoms with Crippen molar-refractivity contribution in [3.63, 3.8) is 0 Å². The molecule has 74 valence electrons. The van der Waals surface area contributed by atoms with Crippen molar-refractivity contribution in [2.75, 3.05) is 6.61 Å². The van der Waals surface area contributed by atoms with E-state index in [9.17, 15) is 4.79 Å². The number of amides is 1. The maximum atomic E-state index is 11.3. The first-order chi connectivity index (χ1) is 6.31. The molecule has 3 N–H and O–H groups in total. The van der Waals surface area contributed by atoms with Crippen molar-refractivity contribution in [2.45, 2.75) is 43.8 Å². The lowest BCUT2D eigenvalue weighted by Crippen LogP contribution is -2.65. The number of piperazine rings is 1. The fourth-order valence-electron chi connectivity index (χ4n) is 2.26. The highest BCUT2D eigenvalue weighted by molar-refractivity contribution is 5.83. The van der Waals surface area contributed by atoms with Gasteiger partial charge in [0.15, 0.2) is 0 Å². The van der Waals surface area contributed by atoms with Crippen molar-refractivity contribution >= 4 is 5.91 Å². The third-order valence-corrected chi connectivity index (χ3v) is 3.01. The zero-order valence-corrected chi connectivity index (χ0v) is 7.62. The van der Waals surface area contributed by atoms with Crippen LogP contribution in [0.25, 0.3) is 0 Å². The van der Waals surface area contributed by atoms with E-state index in [4.69, 9.17) is 5.11 Å². The average Bonchev–Trinajstić information content (AvgIpc) is 2.17. The van der Waals surface area contributed by atoms with Gasteiger partial charge in [-0.1, -0.05) is 12.8 Å². The molecular formula is C9H16N2O2. The largest absolute Gasteiger partial charge is 0.394 e.